The number of aliphatic hydroxyl groups is 1. The summed E-state index contributed by atoms with van der Waals surface area (Å²) >= 11 is 0. The van der Waals surface area contributed by atoms with Crippen molar-refractivity contribution in [3.63, 3.8) is 0 Å². The van der Waals surface area contributed by atoms with Crippen LogP contribution in [0.25, 0.3) is 0 Å². The van der Waals surface area contributed by atoms with E-state index >= 15 is 0 Å². The van der Waals surface area contributed by atoms with E-state index in [1.165, 1.54) is 6.26 Å². The van der Waals surface area contributed by atoms with Crippen molar-refractivity contribution in [2.75, 3.05) is 26.2 Å². The molecule has 2 rings (SSSR count). The number of hydrogen-bond acceptors (Lipinski definition) is 4. The third kappa shape index (κ3) is 2.85. The molecule has 0 spiro atoms. The Hall–Kier alpha value is -1.82. The van der Waals surface area contributed by atoms with Crippen LogP contribution in [0.1, 0.15) is 30.3 Å². The molecule has 1 aromatic heterocycles. The number of likely N-dealkylation sites (tertiary alicyclic amines) is 1. The van der Waals surface area contributed by atoms with Crippen LogP contribution in [0.2, 0.25) is 0 Å². The molecule has 0 bridgehead atoms. The number of carbonyl (C=O) groups excluding carboxylic acids is 2. The van der Waals surface area contributed by atoms with Crippen LogP contribution in [0.15, 0.2) is 22.8 Å². The van der Waals surface area contributed by atoms with Gasteiger partial charge in [0.15, 0.2) is 5.76 Å². The molecule has 1 aliphatic rings. The van der Waals surface area contributed by atoms with Gasteiger partial charge in [-0.1, -0.05) is 0 Å². The van der Waals surface area contributed by atoms with Crippen molar-refractivity contribution in [3.05, 3.63) is 24.2 Å². The molecular weight excluding hydrogens is 260 g/mol. The van der Waals surface area contributed by atoms with Crippen LogP contribution in [-0.4, -0.2) is 59.0 Å². The lowest BCUT2D eigenvalue weighted by Crippen LogP contribution is -2.48. The standard InChI is InChI=1S/C14H20N2O4/c1-2-15(8-9-17)13(18)11-5-3-7-16(11)14(19)12-6-4-10-20-12/h4,6,10-11,17H,2-3,5,7-9H2,1H3. The Morgan fingerprint density at radius 3 is 2.95 bits per heavy atom. The molecule has 2 heterocycles. The summed E-state index contributed by atoms with van der Waals surface area (Å²) in [6.07, 6.45) is 2.91. The quantitative estimate of drug-likeness (QED) is 0.862. The average Bonchev–Trinajstić information content (AvgIpc) is 3.13. The Morgan fingerprint density at radius 1 is 1.55 bits per heavy atom. The Labute approximate surface area is 118 Å². The van der Waals surface area contributed by atoms with Gasteiger partial charge < -0.3 is 19.3 Å². The third-order valence-corrected chi connectivity index (χ3v) is 3.59. The van der Waals surface area contributed by atoms with E-state index in [0.29, 0.717) is 26.1 Å². The Morgan fingerprint density at radius 2 is 2.35 bits per heavy atom. The van der Waals surface area contributed by atoms with Gasteiger partial charge in [0.2, 0.25) is 5.91 Å². The summed E-state index contributed by atoms with van der Waals surface area (Å²) in [5, 5.41) is 9.00. The maximum Gasteiger partial charge on any atom is 0.290 e. The number of aliphatic hydroxyl groups excluding tert-OH is 1. The molecule has 2 amide bonds. The molecule has 0 aromatic carbocycles. The molecule has 1 unspecified atom stereocenters. The fourth-order valence-electron chi connectivity index (χ4n) is 2.56. The van der Waals surface area contributed by atoms with E-state index in [2.05, 4.69) is 0 Å². The number of nitrogens with zero attached hydrogens (tertiary/aromatic N) is 2. The third-order valence-electron chi connectivity index (χ3n) is 3.59. The lowest BCUT2D eigenvalue weighted by molar-refractivity contribution is -0.135. The first-order valence-electron chi connectivity index (χ1n) is 6.93. The van der Waals surface area contributed by atoms with Crippen molar-refractivity contribution < 1.29 is 19.1 Å². The van der Waals surface area contributed by atoms with E-state index in [9.17, 15) is 9.59 Å². The molecule has 0 radical (unpaired) electrons. The zero-order valence-electron chi connectivity index (χ0n) is 11.6. The summed E-state index contributed by atoms with van der Waals surface area (Å²) < 4.78 is 5.11. The van der Waals surface area contributed by atoms with E-state index in [1.807, 2.05) is 6.92 Å². The van der Waals surface area contributed by atoms with Gasteiger partial charge in [-0.3, -0.25) is 9.59 Å². The first-order valence-corrected chi connectivity index (χ1v) is 6.93. The molecular formula is C14H20N2O4. The van der Waals surface area contributed by atoms with Crippen LogP contribution in [0.3, 0.4) is 0 Å². The zero-order valence-corrected chi connectivity index (χ0v) is 11.6. The van der Waals surface area contributed by atoms with Gasteiger partial charge in [0.25, 0.3) is 5.91 Å². The number of carbonyl (C=O) groups is 2. The topological polar surface area (TPSA) is 74.0 Å². The van der Waals surface area contributed by atoms with Gasteiger partial charge in [-0.2, -0.15) is 0 Å². The monoisotopic (exact) mass is 280 g/mol. The number of likely N-dealkylation sites (N-methyl/N-ethyl adjacent to an activating group) is 1. The van der Waals surface area contributed by atoms with Gasteiger partial charge in [-0.05, 0) is 31.9 Å². The van der Waals surface area contributed by atoms with Crippen molar-refractivity contribution in [1.29, 1.82) is 0 Å². The van der Waals surface area contributed by atoms with Gasteiger partial charge in [0.1, 0.15) is 6.04 Å². The Bertz CT molecular complexity index is 458. The summed E-state index contributed by atoms with van der Waals surface area (Å²) in [4.78, 5) is 27.9. The molecule has 1 N–H and O–H groups in total. The highest BCUT2D eigenvalue weighted by Crippen LogP contribution is 2.22. The number of hydrogen-bond donors (Lipinski definition) is 1. The minimum atomic E-state index is -0.445. The van der Waals surface area contributed by atoms with Crippen LogP contribution < -0.4 is 0 Å². The van der Waals surface area contributed by atoms with E-state index in [-0.39, 0.29) is 24.2 Å². The molecule has 1 atom stereocenters. The minimum Gasteiger partial charge on any atom is -0.459 e. The molecule has 6 heteroatoms. The van der Waals surface area contributed by atoms with E-state index in [0.717, 1.165) is 6.42 Å². The van der Waals surface area contributed by atoms with Crippen molar-refractivity contribution >= 4 is 11.8 Å². The Balaban J connectivity index is 2.10. The molecule has 1 fully saturated rings. The number of amides is 2. The summed E-state index contributed by atoms with van der Waals surface area (Å²) in [6, 6.07) is 2.82. The lowest BCUT2D eigenvalue weighted by atomic mass is 10.2. The van der Waals surface area contributed by atoms with Crippen molar-refractivity contribution in [2.45, 2.75) is 25.8 Å². The highest BCUT2D eigenvalue weighted by molar-refractivity contribution is 5.96. The van der Waals surface area contributed by atoms with E-state index in [4.69, 9.17) is 9.52 Å². The Kier molecular flexibility index (Phi) is 4.79. The molecule has 1 aliphatic heterocycles. The van der Waals surface area contributed by atoms with Crippen LogP contribution in [0, 0.1) is 0 Å². The molecule has 110 valence electrons. The summed E-state index contributed by atoms with van der Waals surface area (Å²) in [5.74, 6) is -0.0836. The second-order valence-electron chi connectivity index (χ2n) is 4.78. The highest BCUT2D eigenvalue weighted by Gasteiger charge is 2.37. The molecule has 0 aliphatic carbocycles. The molecule has 1 aromatic rings. The first kappa shape index (κ1) is 14.6. The second-order valence-corrected chi connectivity index (χ2v) is 4.78. The molecule has 0 saturated carbocycles. The predicted octanol–water partition coefficient (Wildman–Crippen LogP) is 0.725. The molecule has 20 heavy (non-hydrogen) atoms. The smallest absolute Gasteiger partial charge is 0.290 e. The average molecular weight is 280 g/mol. The predicted molar refractivity (Wildman–Crippen MR) is 72.1 cm³/mol. The number of rotatable bonds is 5. The minimum absolute atomic E-state index is 0.0710. The summed E-state index contributed by atoms with van der Waals surface area (Å²) in [7, 11) is 0. The number of furan rings is 1. The maximum atomic E-state index is 12.4. The first-order chi connectivity index (χ1) is 9.69. The fraction of sp³-hybridized carbons (Fsp3) is 0.571. The van der Waals surface area contributed by atoms with Crippen LogP contribution in [0.4, 0.5) is 0 Å². The fourth-order valence-corrected chi connectivity index (χ4v) is 2.56. The lowest BCUT2D eigenvalue weighted by Gasteiger charge is -2.28. The molecule has 1 saturated heterocycles. The highest BCUT2D eigenvalue weighted by atomic mass is 16.3. The van der Waals surface area contributed by atoms with E-state index in [1.54, 1.807) is 21.9 Å². The van der Waals surface area contributed by atoms with E-state index < -0.39 is 6.04 Å². The molecule has 6 nitrogen and oxygen atoms in total. The normalized spacial score (nSPS) is 18.3. The van der Waals surface area contributed by atoms with Gasteiger partial charge in [0.05, 0.1) is 12.9 Å². The van der Waals surface area contributed by atoms with Gasteiger partial charge in [-0.15, -0.1) is 0 Å². The maximum absolute atomic E-state index is 12.4. The summed E-state index contributed by atoms with van der Waals surface area (Å²) in [5.41, 5.74) is 0. The van der Waals surface area contributed by atoms with Gasteiger partial charge in [0, 0.05) is 19.6 Å². The second kappa shape index (κ2) is 6.56. The van der Waals surface area contributed by atoms with Gasteiger partial charge in [-0.25, -0.2) is 0 Å². The van der Waals surface area contributed by atoms with Gasteiger partial charge >= 0.3 is 0 Å². The van der Waals surface area contributed by atoms with Crippen LogP contribution >= 0.6 is 0 Å². The SMILES string of the molecule is CCN(CCO)C(=O)C1CCCN1C(=O)c1ccco1. The van der Waals surface area contributed by atoms with Crippen molar-refractivity contribution in [2.24, 2.45) is 0 Å². The van der Waals surface area contributed by atoms with Crippen molar-refractivity contribution in [3.8, 4) is 0 Å². The zero-order chi connectivity index (χ0) is 14.5. The largest absolute Gasteiger partial charge is 0.459 e. The van der Waals surface area contributed by atoms with Crippen molar-refractivity contribution in [1.82, 2.24) is 9.80 Å². The van der Waals surface area contributed by atoms with Crippen LogP contribution in [-0.2, 0) is 4.79 Å². The summed E-state index contributed by atoms with van der Waals surface area (Å²) in [6.45, 7) is 3.18. The van der Waals surface area contributed by atoms with Crippen LogP contribution in [0.5, 0.6) is 0 Å².